The highest BCUT2D eigenvalue weighted by Gasteiger charge is 2.39. The number of carbonyl (C=O) groups excluding carboxylic acids is 1. The molecule has 1 aliphatic rings. The Morgan fingerprint density at radius 2 is 2.00 bits per heavy atom. The van der Waals surface area contributed by atoms with Crippen LogP contribution >= 0.6 is 0 Å². The minimum absolute atomic E-state index is 0.0432. The van der Waals surface area contributed by atoms with Crippen LogP contribution in [0.5, 0.6) is 0 Å². The summed E-state index contributed by atoms with van der Waals surface area (Å²) in [7, 11) is 0. The van der Waals surface area contributed by atoms with Crippen molar-refractivity contribution in [1.82, 2.24) is 0 Å². The Morgan fingerprint density at radius 3 is 2.56 bits per heavy atom. The van der Waals surface area contributed by atoms with Crippen LogP contribution < -0.4 is 0 Å². The molecule has 16 heavy (non-hydrogen) atoms. The quantitative estimate of drug-likeness (QED) is 0.384. The first-order valence-corrected chi connectivity index (χ1v) is 6.57. The number of ether oxygens (including phenoxy) is 1. The molecular weight excluding hydrogens is 200 g/mol. The second-order valence-electron chi connectivity index (χ2n) is 4.87. The van der Waals surface area contributed by atoms with E-state index in [1.165, 1.54) is 38.4 Å². The van der Waals surface area contributed by atoms with Gasteiger partial charge in [-0.15, -0.1) is 0 Å². The second-order valence-corrected chi connectivity index (χ2v) is 4.87. The van der Waals surface area contributed by atoms with E-state index in [4.69, 9.17) is 4.74 Å². The minimum atomic E-state index is -0.193. The fraction of sp³-hybridized carbons (Fsp3) is 0.786. The van der Waals surface area contributed by atoms with Gasteiger partial charge in [0, 0.05) is 0 Å². The average molecular weight is 224 g/mol. The van der Waals surface area contributed by atoms with Crippen molar-refractivity contribution in [1.29, 1.82) is 0 Å². The van der Waals surface area contributed by atoms with Crippen molar-refractivity contribution < 1.29 is 9.53 Å². The predicted octanol–water partition coefficient (Wildman–Crippen LogP) is 4.20. The maximum Gasteiger partial charge on any atom is 0.316 e. The SMILES string of the molecule is C=COC(=O)C1(CCCCC)CCCCC1. The van der Waals surface area contributed by atoms with Crippen LogP contribution in [0, 0.1) is 5.41 Å². The lowest BCUT2D eigenvalue weighted by Crippen LogP contribution is -2.34. The Balaban J connectivity index is 2.59. The zero-order valence-electron chi connectivity index (χ0n) is 10.5. The zero-order chi connectivity index (χ0) is 11.9. The monoisotopic (exact) mass is 224 g/mol. The van der Waals surface area contributed by atoms with Crippen molar-refractivity contribution in [2.24, 2.45) is 5.41 Å². The van der Waals surface area contributed by atoms with Gasteiger partial charge in [0.25, 0.3) is 0 Å². The van der Waals surface area contributed by atoms with Crippen LogP contribution in [0.3, 0.4) is 0 Å². The Morgan fingerprint density at radius 1 is 1.31 bits per heavy atom. The van der Waals surface area contributed by atoms with Gasteiger partial charge < -0.3 is 4.74 Å². The number of hydrogen-bond donors (Lipinski definition) is 0. The van der Waals surface area contributed by atoms with E-state index < -0.39 is 0 Å². The van der Waals surface area contributed by atoms with E-state index in [0.717, 1.165) is 25.7 Å². The third kappa shape index (κ3) is 3.36. The molecule has 0 aromatic carbocycles. The molecular formula is C14H24O2. The molecule has 0 N–H and O–H groups in total. The lowest BCUT2D eigenvalue weighted by atomic mass is 9.71. The smallest absolute Gasteiger partial charge is 0.316 e. The molecule has 0 heterocycles. The molecule has 1 saturated carbocycles. The first-order chi connectivity index (χ1) is 7.75. The predicted molar refractivity (Wildman–Crippen MR) is 65.9 cm³/mol. The van der Waals surface area contributed by atoms with Crippen LogP contribution in [0.25, 0.3) is 0 Å². The molecule has 0 aromatic rings. The summed E-state index contributed by atoms with van der Waals surface area (Å²) in [5.74, 6) is -0.0432. The third-order valence-electron chi connectivity index (χ3n) is 3.69. The lowest BCUT2D eigenvalue weighted by Gasteiger charge is -2.34. The summed E-state index contributed by atoms with van der Waals surface area (Å²) >= 11 is 0. The number of esters is 1. The normalized spacial score (nSPS) is 19.1. The summed E-state index contributed by atoms with van der Waals surface area (Å²) < 4.78 is 5.04. The molecule has 0 spiro atoms. The lowest BCUT2D eigenvalue weighted by molar-refractivity contribution is -0.152. The molecule has 1 rings (SSSR count). The van der Waals surface area contributed by atoms with E-state index in [-0.39, 0.29) is 11.4 Å². The summed E-state index contributed by atoms with van der Waals surface area (Å²) in [4.78, 5) is 12.0. The molecule has 1 fully saturated rings. The molecule has 0 atom stereocenters. The van der Waals surface area contributed by atoms with Gasteiger partial charge in [-0.1, -0.05) is 52.0 Å². The van der Waals surface area contributed by atoms with Crippen LogP contribution in [0.2, 0.25) is 0 Å². The Labute approximate surface area is 99.1 Å². The number of hydrogen-bond acceptors (Lipinski definition) is 2. The fourth-order valence-corrected chi connectivity index (χ4v) is 2.70. The van der Waals surface area contributed by atoms with E-state index >= 15 is 0 Å². The number of unbranched alkanes of at least 4 members (excludes halogenated alkanes) is 2. The van der Waals surface area contributed by atoms with E-state index in [0.29, 0.717) is 0 Å². The molecule has 2 heteroatoms. The van der Waals surface area contributed by atoms with Gasteiger partial charge in [-0.25, -0.2) is 0 Å². The topological polar surface area (TPSA) is 26.3 Å². The summed E-state index contributed by atoms with van der Waals surface area (Å²) in [5, 5.41) is 0. The number of carbonyl (C=O) groups is 1. The van der Waals surface area contributed by atoms with Crippen LogP contribution in [0.1, 0.15) is 64.7 Å². The average Bonchev–Trinajstić information content (AvgIpc) is 2.31. The highest BCUT2D eigenvalue weighted by molar-refractivity contribution is 5.77. The van der Waals surface area contributed by atoms with Gasteiger partial charge in [0.1, 0.15) is 0 Å². The molecule has 0 radical (unpaired) electrons. The Kier molecular flexibility index (Phi) is 5.58. The largest absolute Gasteiger partial charge is 0.435 e. The molecule has 0 aromatic heterocycles. The molecule has 0 amide bonds. The maximum absolute atomic E-state index is 12.0. The fourth-order valence-electron chi connectivity index (χ4n) is 2.70. The molecule has 0 unspecified atom stereocenters. The van der Waals surface area contributed by atoms with Gasteiger partial charge in [-0.3, -0.25) is 4.79 Å². The molecule has 2 nitrogen and oxygen atoms in total. The second kappa shape index (κ2) is 6.72. The van der Waals surface area contributed by atoms with Crippen molar-refractivity contribution in [3.05, 3.63) is 12.8 Å². The van der Waals surface area contributed by atoms with Gasteiger partial charge in [0.15, 0.2) is 0 Å². The highest BCUT2D eigenvalue weighted by Crippen LogP contribution is 2.41. The first-order valence-electron chi connectivity index (χ1n) is 6.57. The Bertz CT molecular complexity index is 227. The van der Waals surface area contributed by atoms with Crippen molar-refractivity contribution in [2.45, 2.75) is 64.7 Å². The van der Waals surface area contributed by atoms with E-state index in [1.807, 2.05) is 0 Å². The summed E-state index contributed by atoms with van der Waals surface area (Å²) in [6.07, 6.45) is 11.4. The van der Waals surface area contributed by atoms with Crippen molar-refractivity contribution >= 4 is 5.97 Å². The van der Waals surface area contributed by atoms with Gasteiger partial charge in [0.05, 0.1) is 11.7 Å². The molecule has 0 saturated heterocycles. The maximum atomic E-state index is 12.0. The van der Waals surface area contributed by atoms with E-state index in [2.05, 4.69) is 13.5 Å². The van der Waals surface area contributed by atoms with Crippen molar-refractivity contribution in [3.63, 3.8) is 0 Å². The summed E-state index contributed by atoms with van der Waals surface area (Å²) in [5.41, 5.74) is -0.193. The minimum Gasteiger partial charge on any atom is -0.435 e. The van der Waals surface area contributed by atoms with E-state index in [1.54, 1.807) is 0 Å². The summed E-state index contributed by atoms with van der Waals surface area (Å²) in [6.45, 7) is 5.67. The molecule has 0 bridgehead atoms. The van der Waals surface area contributed by atoms with Crippen LogP contribution in [-0.4, -0.2) is 5.97 Å². The van der Waals surface area contributed by atoms with Crippen LogP contribution in [0.4, 0.5) is 0 Å². The zero-order valence-corrected chi connectivity index (χ0v) is 10.5. The summed E-state index contributed by atoms with van der Waals surface area (Å²) in [6, 6.07) is 0. The third-order valence-corrected chi connectivity index (χ3v) is 3.69. The Hall–Kier alpha value is -0.790. The molecule has 1 aliphatic carbocycles. The highest BCUT2D eigenvalue weighted by atomic mass is 16.5. The van der Waals surface area contributed by atoms with Crippen LogP contribution in [-0.2, 0) is 9.53 Å². The van der Waals surface area contributed by atoms with Gasteiger partial charge in [0.2, 0.25) is 0 Å². The van der Waals surface area contributed by atoms with Gasteiger partial charge in [-0.05, 0) is 19.3 Å². The van der Waals surface area contributed by atoms with Gasteiger partial charge >= 0.3 is 5.97 Å². The first kappa shape index (κ1) is 13.3. The number of rotatable bonds is 6. The van der Waals surface area contributed by atoms with Crippen molar-refractivity contribution in [2.75, 3.05) is 0 Å². The molecule has 92 valence electrons. The van der Waals surface area contributed by atoms with Gasteiger partial charge in [-0.2, -0.15) is 0 Å². The van der Waals surface area contributed by atoms with Crippen molar-refractivity contribution in [3.8, 4) is 0 Å². The van der Waals surface area contributed by atoms with E-state index in [9.17, 15) is 4.79 Å². The van der Waals surface area contributed by atoms with Crippen LogP contribution in [0.15, 0.2) is 12.8 Å². The standard InChI is InChI=1S/C14H24O2/c1-3-5-7-10-14(13(15)16-4-2)11-8-6-9-12-14/h4H,2-3,5-12H2,1H3. The molecule has 0 aliphatic heterocycles.